The normalized spacial score (nSPS) is 10.4. The molecule has 27 heavy (non-hydrogen) atoms. The molecule has 1 heterocycles. The molecular formula is C19H18N4O4. The van der Waals surface area contributed by atoms with E-state index in [-0.39, 0.29) is 12.3 Å². The minimum atomic E-state index is -1.07. The smallest absolute Gasteiger partial charge is 0.341 e. The fraction of sp³-hybridized carbons (Fsp3) is 0.158. The number of ether oxygens (including phenoxy) is 1. The van der Waals surface area contributed by atoms with Crippen molar-refractivity contribution in [3.05, 3.63) is 66.0 Å². The lowest BCUT2D eigenvalue weighted by Crippen LogP contribution is -2.15. The number of nitrogens with zero attached hydrogens (tertiary/aromatic N) is 3. The first kappa shape index (κ1) is 18.1. The molecule has 138 valence electrons. The van der Waals surface area contributed by atoms with Crippen molar-refractivity contribution in [2.75, 3.05) is 11.9 Å². The summed E-state index contributed by atoms with van der Waals surface area (Å²) in [6.07, 6.45) is 0.0683. The van der Waals surface area contributed by atoms with Crippen molar-refractivity contribution in [3.8, 4) is 11.4 Å². The minimum Gasteiger partial charge on any atom is -0.482 e. The van der Waals surface area contributed by atoms with E-state index in [1.54, 1.807) is 28.9 Å². The summed E-state index contributed by atoms with van der Waals surface area (Å²) in [7, 11) is 0. The highest BCUT2D eigenvalue weighted by atomic mass is 16.5. The molecule has 8 heteroatoms. The van der Waals surface area contributed by atoms with Gasteiger partial charge in [0.25, 0.3) is 0 Å². The molecule has 3 aromatic rings. The number of para-hydroxylation sites is 1. The molecule has 2 aromatic carbocycles. The lowest BCUT2D eigenvalue weighted by Gasteiger charge is -2.08. The SMILES string of the molecule is Cc1c(CC(=O)Nc2cccc(OCC(=O)O)c2)nnn1-c1ccccc1. The van der Waals surface area contributed by atoms with Crippen LogP contribution in [0.15, 0.2) is 54.6 Å². The summed E-state index contributed by atoms with van der Waals surface area (Å²) in [6.45, 7) is 1.41. The van der Waals surface area contributed by atoms with Crippen molar-refractivity contribution in [3.63, 3.8) is 0 Å². The number of carbonyl (C=O) groups is 2. The van der Waals surface area contributed by atoms with E-state index >= 15 is 0 Å². The van der Waals surface area contributed by atoms with Crippen molar-refractivity contribution in [1.29, 1.82) is 0 Å². The topological polar surface area (TPSA) is 106 Å². The molecule has 0 unspecified atom stereocenters. The standard InChI is InChI=1S/C19H18N4O4/c1-13-17(21-22-23(13)15-7-3-2-4-8-15)11-18(24)20-14-6-5-9-16(10-14)27-12-19(25)26/h2-10H,11-12H2,1H3,(H,20,24)(H,25,26). The molecule has 3 rings (SSSR count). The van der Waals surface area contributed by atoms with Gasteiger partial charge in [0.1, 0.15) is 5.75 Å². The van der Waals surface area contributed by atoms with Crippen LogP contribution in [0, 0.1) is 6.92 Å². The molecule has 0 radical (unpaired) electrons. The number of carboxylic acids is 1. The van der Waals surface area contributed by atoms with Crippen LogP contribution < -0.4 is 10.1 Å². The Morgan fingerprint density at radius 3 is 2.67 bits per heavy atom. The zero-order valence-electron chi connectivity index (χ0n) is 14.6. The molecule has 0 aliphatic heterocycles. The van der Waals surface area contributed by atoms with Gasteiger partial charge in [-0.25, -0.2) is 9.48 Å². The number of carboxylic acid groups (broad SMARTS) is 1. The lowest BCUT2D eigenvalue weighted by molar-refractivity contribution is -0.139. The number of rotatable bonds is 7. The maximum absolute atomic E-state index is 12.3. The first-order valence-corrected chi connectivity index (χ1v) is 8.24. The Hall–Kier alpha value is -3.68. The number of hydrogen-bond acceptors (Lipinski definition) is 5. The van der Waals surface area contributed by atoms with Gasteiger partial charge in [-0.1, -0.05) is 29.5 Å². The lowest BCUT2D eigenvalue weighted by atomic mass is 10.2. The Balaban J connectivity index is 1.66. The Labute approximate surface area is 155 Å². The van der Waals surface area contributed by atoms with E-state index in [0.29, 0.717) is 17.1 Å². The van der Waals surface area contributed by atoms with Crippen LogP contribution in [0.1, 0.15) is 11.4 Å². The molecule has 0 saturated heterocycles. The average Bonchev–Trinajstić information content (AvgIpc) is 3.01. The third-order valence-electron chi connectivity index (χ3n) is 3.80. The Kier molecular flexibility index (Phi) is 5.46. The van der Waals surface area contributed by atoms with Crippen molar-refractivity contribution in [2.45, 2.75) is 13.3 Å². The zero-order chi connectivity index (χ0) is 19.2. The predicted octanol–water partition coefficient (Wildman–Crippen LogP) is 2.22. The number of nitrogens with one attached hydrogen (secondary N) is 1. The summed E-state index contributed by atoms with van der Waals surface area (Å²) >= 11 is 0. The van der Waals surface area contributed by atoms with Crippen molar-refractivity contribution >= 4 is 17.6 Å². The first-order valence-electron chi connectivity index (χ1n) is 8.24. The monoisotopic (exact) mass is 366 g/mol. The van der Waals surface area contributed by atoms with Crippen LogP contribution in [0.5, 0.6) is 5.75 Å². The maximum atomic E-state index is 12.3. The molecular weight excluding hydrogens is 348 g/mol. The number of benzene rings is 2. The highest BCUT2D eigenvalue weighted by Gasteiger charge is 2.14. The highest BCUT2D eigenvalue weighted by molar-refractivity contribution is 5.92. The van der Waals surface area contributed by atoms with Gasteiger partial charge >= 0.3 is 5.97 Å². The van der Waals surface area contributed by atoms with Crippen LogP contribution in [0.2, 0.25) is 0 Å². The molecule has 1 amide bonds. The van der Waals surface area contributed by atoms with Gasteiger partial charge in [-0.2, -0.15) is 0 Å². The second kappa shape index (κ2) is 8.13. The number of hydrogen-bond donors (Lipinski definition) is 2. The third-order valence-corrected chi connectivity index (χ3v) is 3.80. The molecule has 2 N–H and O–H groups in total. The Bertz CT molecular complexity index is 953. The molecule has 0 saturated carbocycles. The fourth-order valence-electron chi connectivity index (χ4n) is 2.50. The summed E-state index contributed by atoms with van der Waals surface area (Å²) in [5.41, 5.74) is 2.75. The number of carbonyl (C=O) groups excluding carboxylic acids is 1. The van der Waals surface area contributed by atoms with E-state index in [1.807, 2.05) is 37.3 Å². The number of aromatic nitrogens is 3. The van der Waals surface area contributed by atoms with E-state index < -0.39 is 12.6 Å². The van der Waals surface area contributed by atoms with Crippen LogP contribution in [-0.2, 0) is 16.0 Å². The number of aliphatic carboxylic acids is 1. The molecule has 8 nitrogen and oxygen atoms in total. The van der Waals surface area contributed by atoms with Gasteiger partial charge in [-0.05, 0) is 31.2 Å². The second-order valence-electron chi connectivity index (χ2n) is 5.80. The van der Waals surface area contributed by atoms with Gasteiger partial charge in [-0.3, -0.25) is 4.79 Å². The predicted molar refractivity (Wildman–Crippen MR) is 98.0 cm³/mol. The Morgan fingerprint density at radius 1 is 1.15 bits per heavy atom. The molecule has 0 aliphatic rings. The van der Waals surface area contributed by atoms with Crippen molar-refractivity contribution in [1.82, 2.24) is 15.0 Å². The van der Waals surface area contributed by atoms with Gasteiger partial charge in [0.15, 0.2) is 6.61 Å². The van der Waals surface area contributed by atoms with E-state index in [4.69, 9.17) is 9.84 Å². The van der Waals surface area contributed by atoms with Crippen LogP contribution in [-0.4, -0.2) is 38.6 Å². The average molecular weight is 366 g/mol. The number of anilines is 1. The van der Waals surface area contributed by atoms with Gasteiger partial charge < -0.3 is 15.2 Å². The molecule has 0 atom stereocenters. The van der Waals surface area contributed by atoms with Gasteiger partial charge in [0.05, 0.1) is 23.5 Å². The van der Waals surface area contributed by atoms with E-state index in [1.165, 1.54) is 0 Å². The quantitative estimate of drug-likeness (QED) is 0.664. The van der Waals surface area contributed by atoms with Gasteiger partial charge in [-0.15, -0.1) is 5.10 Å². The summed E-state index contributed by atoms with van der Waals surface area (Å²) in [4.78, 5) is 22.9. The van der Waals surface area contributed by atoms with Crippen LogP contribution >= 0.6 is 0 Å². The molecule has 0 fully saturated rings. The summed E-state index contributed by atoms with van der Waals surface area (Å²) in [5, 5.41) is 19.6. The van der Waals surface area contributed by atoms with Crippen LogP contribution in [0.25, 0.3) is 5.69 Å². The zero-order valence-corrected chi connectivity index (χ0v) is 14.6. The van der Waals surface area contributed by atoms with Crippen molar-refractivity contribution < 1.29 is 19.4 Å². The van der Waals surface area contributed by atoms with Crippen LogP contribution in [0.4, 0.5) is 5.69 Å². The molecule has 0 bridgehead atoms. The molecule has 0 spiro atoms. The summed E-state index contributed by atoms with van der Waals surface area (Å²) in [6, 6.07) is 16.1. The first-order chi connectivity index (χ1) is 13.0. The second-order valence-corrected chi connectivity index (χ2v) is 5.80. The van der Waals surface area contributed by atoms with E-state index in [0.717, 1.165) is 11.4 Å². The third kappa shape index (κ3) is 4.69. The summed E-state index contributed by atoms with van der Waals surface area (Å²) < 4.78 is 6.79. The van der Waals surface area contributed by atoms with Crippen LogP contribution in [0.3, 0.4) is 0 Å². The van der Waals surface area contributed by atoms with Gasteiger partial charge in [0.2, 0.25) is 5.91 Å². The fourth-order valence-corrected chi connectivity index (χ4v) is 2.50. The maximum Gasteiger partial charge on any atom is 0.341 e. The molecule has 1 aromatic heterocycles. The van der Waals surface area contributed by atoms with E-state index in [2.05, 4.69) is 15.6 Å². The highest BCUT2D eigenvalue weighted by Crippen LogP contribution is 2.18. The number of amides is 1. The van der Waals surface area contributed by atoms with Gasteiger partial charge in [0, 0.05) is 11.8 Å². The minimum absolute atomic E-state index is 0.0683. The summed E-state index contributed by atoms with van der Waals surface area (Å²) in [5.74, 6) is -0.962. The molecule has 0 aliphatic carbocycles. The largest absolute Gasteiger partial charge is 0.482 e. The van der Waals surface area contributed by atoms with Crippen molar-refractivity contribution in [2.24, 2.45) is 0 Å². The Morgan fingerprint density at radius 2 is 1.93 bits per heavy atom. The van der Waals surface area contributed by atoms with E-state index in [9.17, 15) is 9.59 Å².